The van der Waals surface area contributed by atoms with Crippen molar-refractivity contribution in [1.29, 1.82) is 0 Å². The van der Waals surface area contributed by atoms with Crippen LogP contribution in [-0.4, -0.2) is 62.4 Å². The van der Waals surface area contributed by atoms with Crippen LogP contribution in [0.15, 0.2) is 35.5 Å². The molecule has 5 heterocycles. The minimum atomic E-state index is -1.35. The zero-order chi connectivity index (χ0) is 27.6. The van der Waals surface area contributed by atoms with Gasteiger partial charge in [-0.15, -0.1) is 0 Å². The molecule has 1 fully saturated rings. The average Bonchev–Trinajstić information content (AvgIpc) is 3.57. The molecule has 39 heavy (non-hydrogen) atoms. The number of carbonyl (C=O) groups is 1. The number of aryl methyl sites for hydroxylation is 1. The zero-order valence-electron chi connectivity index (χ0n) is 21.0. The fourth-order valence-electron chi connectivity index (χ4n) is 5.53. The normalized spacial score (nSPS) is 15.6. The van der Waals surface area contributed by atoms with Gasteiger partial charge in [0.05, 0.1) is 33.1 Å². The Morgan fingerprint density at radius 1 is 1.23 bits per heavy atom. The summed E-state index contributed by atoms with van der Waals surface area (Å²) in [5.74, 6) is -3.41. The number of aromatic carboxylic acids is 1. The van der Waals surface area contributed by atoms with Crippen LogP contribution in [0.1, 0.15) is 16.8 Å². The second kappa shape index (κ2) is 9.02. The molecule has 0 amide bonds. The van der Waals surface area contributed by atoms with Gasteiger partial charge in [0.15, 0.2) is 11.6 Å². The summed E-state index contributed by atoms with van der Waals surface area (Å²) in [5.41, 5.74) is 1.81. The lowest BCUT2D eigenvalue weighted by molar-refractivity contribution is 0.0695. The Morgan fingerprint density at radius 3 is 2.72 bits per heavy atom. The number of fused-ring (bicyclic) bond motifs is 4. The molecule has 1 unspecified atom stereocenters. The van der Waals surface area contributed by atoms with E-state index in [1.54, 1.807) is 32.6 Å². The fourth-order valence-corrected chi connectivity index (χ4v) is 5.53. The molecule has 1 aliphatic heterocycles. The number of pyridine rings is 3. The number of H-pyrrole nitrogens is 1. The van der Waals surface area contributed by atoms with Gasteiger partial charge in [0, 0.05) is 75.5 Å². The summed E-state index contributed by atoms with van der Waals surface area (Å²) in [6.07, 6.45) is 5.03. The number of aliphatic hydroxyl groups is 1. The third-order valence-electron chi connectivity index (χ3n) is 7.45. The third kappa shape index (κ3) is 3.70. The Morgan fingerprint density at radius 2 is 2.03 bits per heavy atom. The van der Waals surface area contributed by atoms with Crippen molar-refractivity contribution in [2.24, 2.45) is 13.0 Å². The summed E-state index contributed by atoms with van der Waals surface area (Å²) in [6.45, 7) is 0.995. The van der Waals surface area contributed by atoms with Gasteiger partial charge in [0.1, 0.15) is 16.9 Å². The Bertz CT molecular complexity index is 1880. The Labute approximate surface area is 219 Å². The Balaban J connectivity index is 1.71. The number of aromatic amines is 1. The van der Waals surface area contributed by atoms with Crippen molar-refractivity contribution in [2.75, 3.05) is 37.0 Å². The van der Waals surface area contributed by atoms with E-state index in [4.69, 9.17) is 0 Å². The van der Waals surface area contributed by atoms with E-state index in [9.17, 15) is 24.2 Å². The number of hydrogen-bond donors (Lipinski definition) is 4. The van der Waals surface area contributed by atoms with Crippen LogP contribution in [0.3, 0.4) is 0 Å². The average molecular weight is 535 g/mol. The minimum Gasteiger partial charge on any atom is -0.477 e. The molecule has 12 heteroatoms. The molecule has 5 aromatic rings. The number of halogens is 2. The van der Waals surface area contributed by atoms with Crippen molar-refractivity contribution in [3.8, 4) is 11.1 Å². The van der Waals surface area contributed by atoms with Crippen molar-refractivity contribution in [1.82, 2.24) is 19.5 Å². The molecular weight excluding hydrogens is 510 g/mol. The molecule has 1 aromatic carbocycles. The van der Waals surface area contributed by atoms with Crippen molar-refractivity contribution in [3.05, 3.63) is 58.1 Å². The van der Waals surface area contributed by atoms with Crippen molar-refractivity contribution in [2.45, 2.75) is 6.42 Å². The van der Waals surface area contributed by atoms with Gasteiger partial charge in [-0.2, -0.15) is 0 Å². The quantitative estimate of drug-likeness (QED) is 0.269. The molecule has 0 aliphatic carbocycles. The van der Waals surface area contributed by atoms with Crippen molar-refractivity contribution in [3.63, 3.8) is 0 Å². The summed E-state index contributed by atoms with van der Waals surface area (Å²) >= 11 is 0. The van der Waals surface area contributed by atoms with Gasteiger partial charge in [0.2, 0.25) is 5.43 Å². The summed E-state index contributed by atoms with van der Waals surface area (Å²) in [7, 11) is 3.21. The first kappa shape index (κ1) is 24.7. The van der Waals surface area contributed by atoms with Crippen LogP contribution >= 0.6 is 0 Å². The van der Waals surface area contributed by atoms with Crippen LogP contribution < -0.4 is 15.6 Å². The highest BCUT2D eigenvalue weighted by molar-refractivity contribution is 6.18. The molecule has 4 N–H and O–H groups in total. The van der Waals surface area contributed by atoms with E-state index < -0.39 is 28.6 Å². The highest BCUT2D eigenvalue weighted by Gasteiger charge is 2.30. The molecule has 6 rings (SSSR count). The number of nitrogens with zero attached hydrogens (tertiary/aromatic N) is 4. The number of benzene rings is 1. The van der Waals surface area contributed by atoms with Crippen LogP contribution in [0.2, 0.25) is 0 Å². The third-order valence-corrected chi connectivity index (χ3v) is 7.45. The van der Waals surface area contributed by atoms with Crippen LogP contribution in [0, 0.1) is 17.6 Å². The summed E-state index contributed by atoms with van der Waals surface area (Å²) < 4.78 is 31.6. The molecule has 0 spiro atoms. The molecule has 0 bridgehead atoms. The first-order chi connectivity index (χ1) is 18.7. The lowest BCUT2D eigenvalue weighted by Gasteiger charge is -2.23. The van der Waals surface area contributed by atoms with Crippen LogP contribution in [0.5, 0.6) is 0 Å². The van der Waals surface area contributed by atoms with Gasteiger partial charge in [-0.05, 0) is 12.5 Å². The first-order valence-electron chi connectivity index (χ1n) is 12.3. The zero-order valence-corrected chi connectivity index (χ0v) is 21.0. The van der Waals surface area contributed by atoms with Gasteiger partial charge in [-0.1, -0.05) is 0 Å². The van der Waals surface area contributed by atoms with E-state index >= 15 is 4.39 Å². The topological polar surface area (TPSA) is 136 Å². The second-order valence-corrected chi connectivity index (χ2v) is 9.76. The van der Waals surface area contributed by atoms with E-state index in [1.807, 2.05) is 4.90 Å². The molecule has 0 saturated carbocycles. The summed E-state index contributed by atoms with van der Waals surface area (Å²) in [5, 5.41) is 22.7. The monoisotopic (exact) mass is 534 g/mol. The highest BCUT2D eigenvalue weighted by Crippen LogP contribution is 2.44. The Kier molecular flexibility index (Phi) is 5.72. The van der Waals surface area contributed by atoms with E-state index in [-0.39, 0.29) is 23.3 Å². The lowest BCUT2D eigenvalue weighted by atomic mass is 10.0. The van der Waals surface area contributed by atoms with E-state index in [0.29, 0.717) is 64.2 Å². The first-order valence-corrected chi connectivity index (χ1v) is 12.3. The lowest BCUT2D eigenvalue weighted by Crippen LogP contribution is -2.22. The van der Waals surface area contributed by atoms with Crippen LogP contribution in [0.25, 0.3) is 44.1 Å². The predicted octanol–water partition coefficient (Wildman–Crippen LogP) is 3.47. The number of hydrogen-bond acceptors (Lipinski definition) is 7. The second-order valence-electron chi connectivity index (χ2n) is 9.76. The van der Waals surface area contributed by atoms with E-state index in [0.717, 1.165) is 6.07 Å². The molecular formula is C27H24F2N6O4. The predicted molar refractivity (Wildman–Crippen MR) is 143 cm³/mol. The van der Waals surface area contributed by atoms with E-state index in [1.165, 1.54) is 10.8 Å². The van der Waals surface area contributed by atoms with Crippen LogP contribution in [0.4, 0.5) is 20.2 Å². The van der Waals surface area contributed by atoms with Gasteiger partial charge >= 0.3 is 5.97 Å². The molecule has 0 radical (unpaired) electrons. The standard InChI is InChI=1S/C27H24F2N6O4/c1-30-18-6-17(28)21(29)19-20-23(35-4-3-12(9-35)11-36)15(8-31-25(20)33-22(18)19)13-5-14-24(37)16(27(38)39)10-34(2)26(14)32-7-13/h5-8,10,12,30,36H,3-4,9,11H2,1-2H3,(H,31,33)(H,38,39). The van der Waals surface area contributed by atoms with Crippen molar-refractivity contribution >= 4 is 50.3 Å². The number of carboxylic acid groups (broad SMARTS) is 1. The van der Waals surface area contributed by atoms with Crippen molar-refractivity contribution < 1.29 is 23.8 Å². The molecule has 1 atom stereocenters. The minimum absolute atomic E-state index is 0.0131. The van der Waals surface area contributed by atoms with Gasteiger partial charge in [-0.25, -0.2) is 23.5 Å². The molecule has 10 nitrogen and oxygen atoms in total. The number of aromatic nitrogens is 4. The maximum atomic E-state index is 15.4. The van der Waals surface area contributed by atoms with E-state index in [2.05, 4.69) is 20.3 Å². The smallest absolute Gasteiger partial charge is 0.341 e. The summed E-state index contributed by atoms with van der Waals surface area (Å²) in [4.78, 5) is 38.8. The largest absolute Gasteiger partial charge is 0.477 e. The maximum absolute atomic E-state index is 15.4. The number of aliphatic hydroxyl groups excluding tert-OH is 1. The molecule has 200 valence electrons. The van der Waals surface area contributed by atoms with Gasteiger partial charge in [0.25, 0.3) is 0 Å². The highest BCUT2D eigenvalue weighted by atomic mass is 19.2. The van der Waals surface area contributed by atoms with Crippen LogP contribution in [-0.2, 0) is 7.05 Å². The number of rotatable bonds is 5. The number of carboxylic acids is 1. The number of nitrogens with one attached hydrogen (secondary N) is 2. The number of anilines is 2. The summed E-state index contributed by atoms with van der Waals surface area (Å²) in [6, 6.07) is 2.63. The Hall–Kier alpha value is -4.58. The fraction of sp³-hybridized carbons (Fsp3) is 0.259. The molecule has 4 aromatic heterocycles. The maximum Gasteiger partial charge on any atom is 0.341 e. The SMILES string of the molecule is CNc1cc(F)c(F)c2c1[nH]c1ncc(-c3cnc4c(c3)c(=O)c(C(=O)O)cn4C)c(N3CCC(CO)C3)c12. The molecule has 1 saturated heterocycles. The van der Waals surface area contributed by atoms with Gasteiger partial charge in [-0.3, -0.25) is 4.79 Å². The molecule has 1 aliphatic rings. The van der Waals surface area contributed by atoms with Gasteiger partial charge < -0.3 is 30.0 Å².